The van der Waals surface area contributed by atoms with Gasteiger partial charge in [0.05, 0.1) is 13.0 Å². The molecule has 44 valence electrons. The van der Waals surface area contributed by atoms with Crippen molar-refractivity contribution >= 4 is 17.5 Å². The smallest absolute Gasteiger partial charge is 0.214 e. The number of methoxy groups -OCH3 is 1. The first kappa shape index (κ1) is 7.25. The molecule has 0 unspecified atom stereocenters. The lowest BCUT2D eigenvalue weighted by Gasteiger charge is -1.92. The second kappa shape index (κ2) is 4.41. The lowest BCUT2D eigenvalue weighted by molar-refractivity contribution is 0.401. The van der Waals surface area contributed by atoms with Gasteiger partial charge in [-0.15, -0.1) is 16.6 Å². The van der Waals surface area contributed by atoms with Crippen LogP contribution in [0.4, 0.5) is 0 Å². The van der Waals surface area contributed by atoms with E-state index in [-0.39, 0.29) is 11.8 Å². The summed E-state index contributed by atoms with van der Waals surface area (Å²) in [5.74, 6) is 0.388. The number of nitriles is 1. The fraction of sp³-hybridized carbons (Fsp3) is 0.500. The quantitative estimate of drug-likeness (QED) is 0.229. The molecule has 4 heteroatoms. The van der Waals surface area contributed by atoms with Crippen molar-refractivity contribution in [2.75, 3.05) is 13.0 Å². The second-order valence-corrected chi connectivity index (χ2v) is 1.21. The number of hydrogen-bond acceptors (Lipinski definition) is 3. The minimum atomic E-state index is 0.143. The highest BCUT2D eigenvalue weighted by Gasteiger charge is 1.90. The molecule has 0 bridgehead atoms. The number of halogens is 1. The van der Waals surface area contributed by atoms with Crippen molar-refractivity contribution in [3.05, 3.63) is 0 Å². The van der Waals surface area contributed by atoms with Crippen LogP contribution >= 0.6 is 11.6 Å². The van der Waals surface area contributed by atoms with Gasteiger partial charge in [0.25, 0.3) is 0 Å². The summed E-state index contributed by atoms with van der Waals surface area (Å²) in [5, 5.41) is 7.92. The molecule has 0 rings (SSSR count). The monoisotopic (exact) mass is 132 g/mol. The Kier molecular flexibility index (Phi) is 4.00. The summed E-state index contributed by atoms with van der Waals surface area (Å²) in [5.41, 5.74) is 0. The lowest BCUT2D eigenvalue weighted by Crippen LogP contribution is -2.00. The average Bonchev–Trinajstić information content (AvgIpc) is 1.83. The lowest BCUT2D eigenvalue weighted by atomic mass is 10.8. The number of ether oxygens (including phenoxy) is 1. The van der Waals surface area contributed by atoms with E-state index in [2.05, 4.69) is 9.73 Å². The summed E-state index contributed by atoms with van der Waals surface area (Å²) in [7, 11) is 1.42. The Labute approximate surface area is 52.5 Å². The molecule has 0 aliphatic carbocycles. The average molecular weight is 133 g/mol. The van der Waals surface area contributed by atoms with E-state index in [4.69, 9.17) is 16.9 Å². The molecule has 0 atom stereocenters. The zero-order valence-electron chi connectivity index (χ0n) is 4.39. The molecule has 8 heavy (non-hydrogen) atoms. The summed E-state index contributed by atoms with van der Waals surface area (Å²) in [6.45, 7) is 0. The van der Waals surface area contributed by atoms with E-state index in [9.17, 15) is 0 Å². The Balaban J connectivity index is 3.72. The molecule has 0 aromatic carbocycles. The molecule has 0 aromatic heterocycles. The van der Waals surface area contributed by atoms with Gasteiger partial charge in [-0.25, -0.2) is 0 Å². The van der Waals surface area contributed by atoms with Crippen LogP contribution < -0.4 is 0 Å². The van der Waals surface area contributed by atoms with Gasteiger partial charge < -0.3 is 4.74 Å². The molecule has 0 radical (unpaired) electrons. The maximum atomic E-state index is 7.92. The van der Waals surface area contributed by atoms with Crippen molar-refractivity contribution in [2.24, 2.45) is 4.99 Å². The van der Waals surface area contributed by atoms with Gasteiger partial charge in [0.1, 0.15) is 0 Å². The highest BCUT2D eigenvalue weighted by Crippen LogP contribution is 1.82. The van der Waals surface area contributed by atoms with E-state index in [0.29, 0.717) is 0 Å². The molecule has 0 aliphatic heterocycles. The Hall–Kier alpha value is -0.750. The Morgan fingerprint density at radius 3 is 2.75 bits per heavy atom. The SMILES string of the molecule is CO/C(CCl)=N/C#N. The van der Waals surface area contributed by atoms with Crippen LogP contribution in [0, 0.1) is 11.5 Å². The Morgan fingerprint density at radius 1 is 2.00 bits per heavy atom. The van der Waals surface area contributed by atoms with E-state index in [1.807, 2.05) is 0 Å². The maximum Gasteiger partial charge on any atom is 0.214 e. The van der Waals surface area contributed by atoms with Crippen molar-refractivity contribution < 1.29 is 4.74 Å². The third kappa shape index (κ3) is 2.43. The fourth-order valence-corrected chi connectivity index (χ4v) is 0.355. The maximum absolute atomic E-state index is 7.92. The molecule has 0 fully saturated rings. The second-order valence-electron chi connectivity index (χ2n) is 0.943. The molecule has 0 heterocycles. The van der Waals surface area contributed by atoms with E-state index in [1.165, 1.54) is 7.11 Å². The highest BCUT2D eigenvalue weighted by atomic mass is 35.5. The number of alkyl halides is 1. The molecule has 0 aromatic rings. The van der Waals surface area contributed by atoms with E-state index in [0.717, 1.165) is 0 Å². The van der Waals surface area contributed by atoms with Crippen LogP contribution in [-0.4, -0.2) is 18.9 Å². The molecule has 0 saturated carbocycles. The summed E-state index contributed by atoms with van der Waals surface area (Å²) < 4.78 is 4.54. The number of nitrogens with zero attached hydrogens (tertiary/aromatic N) is 2. The van der Waals surface area contributed by atoms with Crippen LogP contribution in [0.15, 0.2) is 4.99 Å². The molecule has 0 aliphatic rings. The predicted molar refractivity (Wildman–Crippen MR) is 30.8 cm³/mol. The molecule has 0 saturated heterocycles. The van der Waals surface area contributed by atoms with Crippen molar-refractivity contribution in [1.29, 1.82) is 5.26 Å². The molecular formula is C4H5ClN2O. The zero-order chi connectivity index (χ0) is 6.41. The first-order valence-electron chi connectivity index (χ1n) is 1.90. The van der Waals surface area contributed by atoms with Gasteiger partial charge in [-0.3, -0.25) is 0 Å². The fourth-order valence-electron chi connectivity index (χ4n) is 0.186. The van der Waals surface area contributed by atoms with Gasteiger partial charge in [-0.05, 0) is 0 Å². The highest BCUT2D eigenvalue weighted by molar-refractivity contribution is 6.27. The first-order valence-corrected chi connectivity index (χ1v) is 2.44. The van der Waals surface area contributed by atoms with Gasteiger partial charge >= 0.3 is 0 Å². The van der Waals surface area contributed by atoms with Gasteiger partial charge in [0.15, 0.2) is 0 Å². The van der Waals surface area contributed by atoms with Crippen LogP contribution in [0.1, 0.15) is 0 Å². The minimum Gasteiger partial charge on any atom is -0.483 e. The minimum absolute atomic E-state index is 0.143. The summed E-state index contributed by atoms with van der Waals surface area (Å²) in [6, 6.07) is 0. The molecule has 0 spiro atoms. The van der Waals surface area contributed by atoms with Crippen molar-refractivity contribution in [2.45, 2.75) is 0 Å². The van der Waals surface area contributed by atoms with E-state index >= 15 is 0 Å². The summed E-state index contributed by atoms with van der Waals surface area (Å²) in [4.78, 5) is 3.23. The first-order chi connectivity index (χ1) is 3.85. The van der Waals surface area contributed by atoms with Gasteiger partial charge in [0.2, 0.25) is 12.1 Å². The number of hydrogen-bond donors (Lipinski definition) is 0. The number of aliphatic imine (C=N–C) groups is 1. The third-order valence-electron chi connectivity index (χ3n) is 0.525. The number of rotatable bonds is 1. The molecule has 0 N–H and O–H groups in total. The Bertz CT molecular complexity index is 120. The molecule has 0 amide bonds. The van der Waals surface area contributed by atoms with Crippen molar-refractivity contribution in [3.8, 4) is 6.19 Å². The summed E-state index contributed by atoms with van der Waals surface area (Å²) >= 11 is 5.24. The Morgan fingerprint density at radius 2 is 2.62 bits per heavy atom. The van der Waals surface area contributed by atoms with E-state index in [1.54, 1.807) is 6.19 Å². The van der Waals surface area contributed by atoms with Crippen molar-refractivity contribution in [3.63, 3.8) is 0 Å². The predicted octanol–water partition coefficient (Wildman–Crippen LogP) is 0.751. The zero-order valence-corrected chi connectivity index (χ0v) is 5.14. The topological polar surface area (TPSA) is 45.4 Å². The summed E-state index contributed by atoms with van der Waals surface area (Å²) in [6.07, 6.45) is 1.55. The molecule has 3 nitrogen and oxygen atoms in total. The van der Waals surface area contributed by atoms with Crippen LogP contribution in [-0.2, 0) is 4.74 Å². The standard InChI is InChI=1S/C4H5ClN2O/c1-8-4(2-5)7-3-6/h2H2,1H3/b7-4+. The van der Waals surface area contributed by atoms with Gasteiger partial charge in [-0.2, -0.15) is 5.26 Å². The van der Waals surface area contributed by atoms with Gasteiger partial charge in [-0.1, -0.05) is 0 Å². The van der Waals surface area contributed by atoms with Crippen LogP contribution in [0.25, 0.3) is 0 Å². The van der Waals surface area contributed by atoms with Crippen LogP contribution in [0.3, 0.4) is 0 Å². The van der Waals surface area contributed by atoms with E-state index < -0.39 is 0 Å². The van der Waals surface area contributed by atoms with Crippen LogP contribution in [0.2, 0.25) is 0 Å². The van der Waals surface area contributed by atoms with Crippen molar-refractivity contribution in [1.82, 2.24) is 0 Å². The van der Waals surface area contributed by atoms with Gasteiger partial charge in [0, 0.05) is 0 Å². The van der Waals surface area contributed by atoms with Crippen LogP contribution in [0.5, 0.6) is 0 Å². The normalized spacial score (nSPS) is 10.4. The largest absolute Gasteiger partial charge is 0.483 e. The third-order valence-corrected chi connectivity index (χ3v) is 0.753. The molecular weight excluding hydrogens is 128 g/mol.